The van der Waals surface area contributed by atoms with Crippen LogP contribution in [0.4, 0.5) is 0 Å². The Balaban J connectivity index is 2.31. The summed E-state index contributed by atoms with van der Waals surface area (Å²) in [5, 5.41) is 19.7. The summed E-state index contributed by atoms with van der Waals surface area (Å²) in [6.45, 7) is 1.93. The average Bonchev–Trinajstić information content (AvgIpc) is 2.75. The van der Waals surface area contributed by atoms with Crippen LogP contribution in [0.2, 0.25) is 0 Å². The zero-order chi connectivity index (χ0) is 14.7. The Kier molecular flexibility index (Phi) is 4.59. The molecule has 0 bridgehead atoms. The molecule has 110 valence electrons. The van der Waals surface area contributed by atoms with E-state index in [0.29, 0.717) is 0 Å². The molecule has 4 atom stereocenters. The summed E-state index contributed by atoms with van der Waals surface area (Å²) in [6.07, 6.45) is -0.614. The fraction of sp³-hybridized carbons (Fsp3) is 0.500. The van der Waals surface area contributed by atoms with Crippen LogP contribution in [0.15, 0.2) is 24.3 Å². The molecule has 2 rings (SSSR count). The number of hydrogen-bond acceptors (Lipinski definition) is 6. The Bertz CT molecular complexity index is 470. The maximum absolute atomic E-state index is 11.6. The molecule has 0 aliphatic carbocycles. The minimum Gasteiger partial charge on any atom is -0.508 e. The van der Waals surface area contributed by atoms with Gasteiger partial charge in [-0.2, -0.15) is 0 Å². The third-order valence-corrected chi connectivity index (χ3v) is 3.78. The molecule has 0 saturated carbocycles. The van der Waals surface area contributed by atoms with E-state index < -0.39 is 6.23 Å². The number of carbonyl (C=O) groups excluding carboxylic acids is 1. The first-order valence-electron chi connectivity index (χ1n) is 6.57. The summed E-state index contributed by atoms with van der Waals surface area (Å²) in [4.78, 5) is 11.6. The highest BCUT2D eigenvalue weighted by Gasteiger charge is 2.39. The molecule has 1 aliphatic heterocycles. The topological polar surface area (TPSA) is 90.8 Å². The number of aromatic hydroxyl groups is 1. The molecule has 20 heavy (non-hydrogen) atoms. The Labute approximate surface area is 117 Å². The fourth-order valence-electron chi connectivity index (χ4n) is 2.75. The van der Waals surface area contributed by atoms with Gasteiger partial charge in [0.15, 0.2) is 0 Å². The lowest BCUT2D eigenvalue weighted by atomic mass is 9.79. The summed E-state index contributed by atoms with van der Waals surface area (Å²) in [6, 6.07) is 6.74. The SMILES string of the molecule is COC(=O)CC(c1cccc(O)c1)C1C(C)NNC1O. The first-order chi connectivity index (χ1) is 9.52. The van der Waals surface area contributed by atoms with Crippen molar-refractivity contribution < 1.29 is 19.7 Å². The molecular weight excluding hydrogens is 260 g/mol. The van der Waals surface area contributed by atoms with Crippen LogP contribution in [0.25, 0.3) is 0 Å². The fourth-order valence-corrected chi connectivity index (χ4v) is 2.75. The lowest BCUT2D eigenvalue weighted by Gasteiger charge is -2.27. The van der Waals surface area contributed by atoms with Gasteiger partial charge in [0.2, 0.25) is 0 Å². The first-order valence-corrected chi connectivity index (χ1v) is 6.57. The summed E-state index contributed by atoms with van der Waals surface area (Å²) in [7, 11) is 1.34. The van der Waals surface area contributed by atoms with Gasteiger partial charge >= 0.3 is 5.97 Å². The number of ether oxygens (including phenoxy) is 1. The van der Waals surface area contributed by atoms with Gasteiger partial charge in [-0.05, 0) is 24.6 Å². The Morgan fingerprint density at radius 1 is 1.45 bits per heavy atom. The molecule has 0 radical (unpaired) electrons. The van der Waals surface area contributed by atoms with Crippen molar-refractivity contribution in [3.8, 4) is 5.75 Å². The van der Waals surface area contributed by atoms with Gasteiger partial charge in [-0.25, -0.2) is 5.43 Å². The largest absolute Gasteiger partial charge is 0.508 e. The number of phenols is 1. The Morgan fingerprint density at radius 2 is 2.20 bits per heavy atom. The number of methoxy groups -OCH3 is 1. The number of hydrazine groups is 1. The highest BCUT2D eigenvalue weighted by molar-refractivity contribution is 5.70. The molecule has 4 unspecified atom stereocenters. The van der Waals surface area contributed by atoms with Crippen LogP contribution in [-0.4, -0.2) is 35.6 Å². The molecule has 1 fully saturated rings. The van der Waals surface area contributed by atoms with E-state index in [4.69, 9.17) is 4.74 Å². The second-order valence-corrected chi connectivity index (χ2v) is 5.08. The van der Waals surface area contributed by atoms with Crippen LogP contribution in [-0.2, 0) is 9.53 Å². The van der Waals surface area contributed by atoms with Gasteiger partial charge in [-0.3, -0.25) is 10.2 Å². The van der Waals surface area contributed by atoms with Gasteiger partial charge < -0.3 is 14.9 Å². The molecule has 0 aromatic heterocycles. The molecule has 4 N–H and O–H groups in total. The zero-order valence-corrected chi connectivity index (χ0v) is 11.5. The predicted octanol–water partition coefficient (Wildman–Crippen LogP) is 0.470. The standard InChI is InChI=1S/C14H20N2O4/c1-8-13(14(19)16-15-8)11(7-12(18)20-2)9-4-3-5-10(17)6-9/h3-6,8,11,13-17,19H,7H2,1-2H3. The number of hydrogen-bond donors (Lipinski definition) is 4. The van der Waals surface area contributed by atoms with E-state index in [1.54, 1.807) is 18.2 Å². The summed E-state index contributed by atoms with van der Waals surface area (Å²) in [5.74, 6) is -0.652. The summed E-state index contributed by atoms with van der Waals surface area (Å²) in [5.41, 5.74) is 6.53. The third kappa shape index (κ3) is 3.09. The number of esters is 1. The second kappa shape index (κ2) is 6.21. The van der Waals surface area contributed by atoms with Crippen LogP contribution < -0.4 is 10.9 Å². The van der Waals surface area contributed by atoms with Gasteiger partial charge in [0.25, 0.3) is 0 Å². The van der Waals surface area contributed by atoms with E-state index in [9.17, 15) is 15.0 Å². The van der Waals surface area contributed by atoms with Crippen molar-refractivity contribution >= 4 is 5.97 Å². The molecule has 6 heteroatoms. The van der Waals surface area contributed by atoms with E-state index in [2.05, 4.69) is 10.9 Å². The number of carbonyl (C=O) groups is 1. The smallest absolute Gasteiger partial charge is 0.306 e. The summed E-state index contributed by atoms with van der Waals surface area (Å²) >= 11 is 0. The van der Waals surface area contributed by atoms with Crippen molar-refractivity contribution in [2.75, 3.05) is 7.11 Å². The van der Waals surface area contributed by atoms with Gasteiger partial charge in [0.1, 0.15) is 12.0 Å². The molecule has 1 aromatic rings. The van der Waals surface area contributed by atoms with Crippen LogP contribution >= 0.6 is 0 Å². The number of nitrogens with one attached hydrogen (secondary N) is 2. The van der Waals surface area contributed by atoms with Crippen LogP contribution in [0.5, 0.6) is 5.75 Å². The molecule has 6 nitrogen and oxygen atoms in total. The Hall–Kier alpha value is -1.63. The maximum atomic E-state index is 11.6. The van der Waals surface area contributed by atoms with E-state index in [0.717, 1.165) is 5.56 Å². The Morgan fingerprint density at radius 3 is 2.75 bits per heavy atom. The molecule has 1 aromatic carbocycles. The predicted molar refractivity (Wildman–Crippen MR) is 72.7 cm³/mol. The van der Waals surface area contributed by atoms with Crippen LogP contribution in [0.1, 0.15) is 24.8 Å². The second-order valence-electron chi connectivity index (χ2n) is 5.08. The number of rotatable bonds is 4. The van der Waals surface area contributed by atoms with Gasteiger partial charge in [-0.15, -0.1) is 0 Å². The van der Waals surface area contributed by atoms with Gasteiger partial charge in [-0.1, -0.05) is 12.1 Å². The number of benzene rings is 1. The average molecular weight is 280 g/mol. The van der Waals surface area contributed by atoms with Crippen molar-refractivity contribution in [2.24, 2.45) is 5.92 Å². The van der Waals surface area contributed by atoms with Crippen LogP contribution in [0, 0.1) is 5.92 Å². The third-order valence-electron chi connectivity index (χ3n) is 3.78. The van der Waals surface area contributed by atoms with E-state index in [1.807, 2.05) is 13.0 Å². The number of phenolic OH excluding ortho intramolecular Hbond substituents is 1. The molecule has 1 heterocycles. The van der Waals surface area contributed by atoms with Crippen molar-refractivity contribution in [2.45, 2.75) is 31.5 Å². The highest BCUT2D eigenvalue weighted by Crippen LogP contribution is 2.35. The van der Waals surface area contributed by atoms with Crippen molar-refractivity contribution in [1.29, 1.82) is 0 Å². The number of aliphatic hydroxyl groups excluding tert-OH is 1. The van der Waals surface area contributed by atoms with Crippen molar-refractivity contribution in [3.05, 3.63) is 29.8 Å². The van der Waals surface area contributed by atoms with E-state index in [-0.39, 0.29) is 36.0 Å². The zero-order valence-electron chi connectivity index (χ0n) is 11.5. The number of aliphatic hydroxyl groups is 1. The maximum Gasteiger partial charge on any atom is 0.306 e. The normalized spacial score (nSPS) is 27.2. The lowest BCUT2D eigenvalue weighted by molar-refractivity contribution is -0.141. The van der Waals surface area contributed by atoms with Crippen molar-refractivity contribution in [3.63, 3.8) is 0 Å². The molecular formula is C14H20N2O4. The van der Waals surface area contributed by atoms with Crippen LogP contribution in [0.3, 0.4) is 0 Å². The van der Waals surface area contributed by atoms with E-state index >= 15 is 0 Å². The monoisotopic (exact) mass is 280 g/mol. The molecule has 0 spiro atoms. The molecule has 1 aliphatic rings. The van der Waals surface area contributed by atoms with Gasteiger partial charge in [0.05, 0.1) is 13.5 Å². The quantitative estimate of drug-likeness (QED) is 0.599. The van der Waals surface area contributed by atoms with E-state index in [1.165, 1.54) is 7.11 Å². The molecule has 0 amide bonds. The molecule has 1 saturated heterocycles. The lowest BCUT2D eigenvalue weighted by Crippen LogP contribution is -2.33. The van der Waals surface area contributed by atoms with Gasteiger partial charge in [0, 0.05) is 17.9 Å². The van der Waals surface area contributed by atoms with Crippen molar-refractivity contribution in [1.82, 2.24) is 10.9 Å². The first kappa shape index (κ1) is 14.8. The minimum absolute atomic E-state index is 0.0120. The summed E-state index contributed by atoms with van der Waals surface area (Å²) < 4.78 is 4.74. The highest BCUT2D eigenvalue weighted by atomic mass is 16.5. The minimum atomic E-state index is -0.762.